The van der Waals surface area contributed by atoms with Crippen molar-refractivity contribution in [2.24, 2.45) is 0 Å². The van der Waals surface area contributed by atoms with Crippen molar-refractivity contribution in [3.05, 3.63) is 58.8 Å². The maximum Gasteiger partial charge on any atom is 0.123 e. The number of furan rings is 1. The molecule has 1 aromatic heterocycles. The van der Waals surface area contributed by atoms with E-state index in [4.69, 9.17) is 4.42 Å². The minimum absolute atomic E-state index is 0.0203. The second-order valence-corrected chi connectivity index (χ2v) is 4.88. The predicted molar refractivity (Wildman–Crippen MR) is 74.7 cm³/mol. The van der Waals surface area contributed by atoms with Gasteiger partial charge in [-0.15, -0.1) is 0 Å². The van der Waals surface area contributed by atoms with Crippen LogP contribution in [0.4, 0.5) is 4.39 Å². The molecule has 2 aromatic rings. The maximum absolute atomic E-state index is 13.6. The van der Waals surface area contributed by atoms with Crippen LogP contribution in [-0.2, 0) is 0 Å². The molecule has 0 radical (unpaired) electrons. The first-order valence-corrected chi connectivity index (χ1v) is 6.66. The van der Waals surface area contributed by atoms with Gasteiger partial charge < -0.3 is 9.73 Å². The van der Waals surface area contributed by atoms with Gasteiger partial charge in [0.1, 0.15) is 11.6 Å². The van der Waals surface area contributed by atoms with Gasteiger partial charge in [0.2, 0.25) is 0 Å². The van der Waals surface area contributed by atoms with Gasteiger partial charge in [0, 0.05) is 5.56 Å². The van der Waals surface area contributed by atoms with Gasteiger partial charge in [-0.05, 0) is 56.1 Å². The van der Waals surface area contributed by atoms with Crippen LogP contribution in [0, 0.1) is 19.7 Å². The molecule has 1 unspecified atom stereocenters. The maximum atomic E-state index is 13.6. The Morgan fingerprint density at radius 1 is 1.26 bits per heavy atom. The molecule has 3 heteroatoms. The molecule has 0 fully saturated rings. The van der Waals surface area contributed by atoms with E-state index in [1.165, 1.54) is 0 Å². The summed E-state index contributed by atoms with van der Waals surface area (Å²) in [4.78, 5) is 0. The average Bonchev–Trinajstić information content (AvgIpc) is 2.75. The molecule has 0 aliphatic rings. The first-order chi connectivity index (χ1) is 9.11. The number of aryl methyl sites for hydroxylation is 2. The number of benzene rings is 1. The van der Waals surface area contributed by atoms with Crippen molar-refractivity contribution >= 4 is 0 Å². The second-order valence-electron chi connectivity index (χ2n) is 4.88. The van der Waals surface area contributed by atoms with Gasteiger partial charge in [-0.1, -0.05) is 13.0 Å². The van der Waals surface area contributed by atoms with E-state index in [0.717, 1.165) is 35.4 Å². The Morgan fingerprint density at radius 2 is 2.05 bits per heavy atom. The van der Waals surface area contributed by atoms with Crippen molar-refractivity contribution < 1.29 is 8.81 Å². The quantitative estimate of drug-likeness (QED) is 0.875. The summed E-state index contributed by atoms with van der Waals surface area (Å²) in [5, 5.41) is 3.46. The normalized spacial score (nSPS) is 12.6. The largest absolute Gasteiger partial charge is 0.469 e. The van der Waals surface area contributed by atoms with Gasteiger partial charge >= 0.3 is 0 Å². The lowest BCUT2D eigenvalue weighted by molar-refractivity contribution is 0.516. The van der Waals surface area contributed by atoms with Crippen LogP contribution in [0.15, 0.2) is 34.9 Å². The molecular weight excluding hydrogens is 241 g/mol. The third-order valence-corrected chi connectivity index (χ3v) is 3.21. The molecule has 1 atom stereocenters. The van der Waals surface area contributed by atoms with Crippen LogP contribution in [0.2, 0.25) is 0 Å². The first kappa shape index (κ1) is 13.8. The van der Waals surface area contributed by atoms with E-state index >= 15 is 0 Å². The van der Waals surface area contributed by atoms with Crippen molar-refractivity contribution in [3.63, 3.8) is 0 Å². The molecule has 2 nitrogen and oxygen atoms in total. The Kier molecular flexibility index (Phi) is 4.38. The molecule has 0 aliphatic carbocycles. The first-order valence-electron chi connectivity index (χ1n) is 6.66. The minimum Gasteiger partial charge on any atom is -0.469 e. The van der Waals surface area contributed by atoms with Crippen molar-refractivity contribution in [2.75, 3.05) is 6.54 Å². The number of hydrogen-bond acceptors (Lipinski definition) is 2. The highest BCUT2D eigenvalue weighted by atomic mass is 19.1. The zero-order valence-electron chi connectivity index (χ0n) is 11.7. The monoisotopic (exact) mass is 261 g/mol. The summed E-state index contributed by atoms with van der Waals surface area (Å²) in [6.45, 7) is 6.84. The highest BCUT2D eigenvalue weighted by molar-refractivity contribution is 5.35. The molecule has 102 valence electrons. The van der Waals surface area contributed by atoms with E-state index in [2.05, 4.69) is 12.2 Å². The lowest BCUT2D eigenvalue weighted by atomic mass is 9.97. The highest BCUT2D eigenvalue weighted by Crippen LogP contribution is 2.27. The van der Waals surface area contributed by atoms with Gasteiger partial charge in [-0.2, -0.15) is 0 Å². The Balaban J connectivity index is 2.39. The number of nitrogens with one attached hydrogen (secondary N) is 1. The molecule has 19 heavy (non-hydrogen) atoms. The van der Waals surface area contributed by atoms with Crippen LogP contribution < -0.4 is 5.32 Å². The standard InChI is InChI=1S/C16H20FNO/c1-4-6-18-16(15-5-7-19-12(15)3)13-8-11(2)9-14(17)10-13/h5,7-10,16,18H,4,6H2,1-3H3. The summed E-state index contributed by atoms with van der Waals surface area (Å²) in [6, 6.07) is 7.08. The molecule has 2 rings (SSSR count). The summed E-state index contributed by atoms with van der Waals surface area (Å²) >= 11 is 0. The summed E-state index contributed by atoms with van der Waals surface area (Å²) in [5.41, 5.74) is 2.94. The highest BCUT2D eigenvalue weighted by Gasteiger charge is 2.18. The van der Waals surface area contributed by atoms with E-state index < -0.39 is 0 Å². The van der Waals surface area contributed by atoms with Gasteiger partial charge in [0.05, 0.1) is 12.3 Å². The van der Waals surface area contributed by atoms with Crippen LogP contribution in [0.25, 0.3) is 0 Å². The third kappa shape index (κ3) is 3.24. The Bertz CT molecular complexity index is 527. The lowest BCUT2D eigenvalue weighted by Crippen LogP contribution is -2.23. The molecule has 0 saturated carbocycles. The molecule has 1 N–H and O–H groups in total. The Hall–Kier alpha value is -1.61. The van der Waals surface area contributed by atoms with Crippen LogP contribution in [0.1, 0.15) is 41.8 Å². The van der Waals surface area contributed by atoms with Crippen LogP contribution in [0.5, 0.6) is 0 Å². The number of halogens is 1. The summed E-state index contributed by atoms with van der Waals surface area (Å²) in [7, 11) is 0. The van der Waals surface area contributed by atoms with Crippen molar-refractivity contribution in [1.29, 1.82) is 0 Å². The number of rotatable bonds is 5. The fraction of sp³-hybridized carbons (Fsp3) is 0.375. The molecule has 0 bridgehead atoms. The fourth-order valence-corrected chi connectivity index (χ4v) is 2.32. The van der Waals surface area contributed by atoms with E-state index in [0.29, 0.717) is 0 Å². The lowest BCUT2D eigenvalue weighted by Gasteiger charge is -2.19. The van der Waals surface area contributed by atoms with Crippen LogP contribution in [0.3, 0.4) is 0 Å². The fourth-order valence-electron chi connectivity index (χ4n) is 2.32. The van der Waals surface area contributed by atoms with Crippen molar-refractivity contribution in [3.8, 4) is 0 Å². The van der Waals surface area contributed by atoms with E-state index in [1.807, 2.05) is 26.0 Å². The van der Waals surface area contributed by atoms with Crippen LogP contribution >= 0.6 is 0 Å². The van der Waals surface area contributed by atoms with Gasteiger partial charge in [0.25, 0.3) is 0 Å². The smallest absolute Gasteiger partial charge is 0.123 e. The van der Waals surface area contributed by atoms with E-state index in [9.17, 15) is 4.39 Å². The van der Waals surface area contributed by atoms with Crippen molar-refractivity contribution in [2.45, 2.75) is 33.2 Å². The number of hydrogen-bond donors (Lipinski definition) is 1. The van der Waals surface area contributed by atoms with Crippen LogP contribution in [-0.4, -0.2) is 6.54 Å². The predicted octanol–water partition coefficient (Wildman–Crippen LogP) is 4.12. The topological polar surface area (TPSA) is 25.2 Å². The SMILES string of the molecule is CCCNC(c1cc(C)cc(F)c1)c1ccoc1C. The molecule has 0 spiro atoms. The molecular formula is C16H20FNO. The zero-order valence-corrected chi connectivity index (χ0v) is 11.7. The summed E-state index contributed by atoms with van der Waals surface area (Å²) in [6.07, 6.45) is 2.71. The summed E-state index contributed by atoms with van der Waals surface area (Å²) < 4.78 is 19.0. The minimum atomic E-state index is -0.195. The van der Waals surface area contributed by atoms with Gasteiger partial charge in [-0.25, -0.2) is 4.39 Å². The molecule has 1 heterocycles. The van der Waals surface area contributed by atoms with Gasteiger partial charge in [0.15, 0.2) is 0 Å². The Morgan fingerprint density at radius 3 is 2.63 bits per heavy atom. The Labute approximate surface area is 113 Å². The molecule has 1 aromatic carbocycles. The van der Waals surface area contributed by atoms with E-state index in [-0.39, 0.29) is 11.9 Å². The van der Waals surface area contributed by atoms with Crippen molar-refractivity contribution in [1.82, 2.24) is 5.32 Å². The molecule has 0 aliphatic heterocycles. The zero-order chi connectivity index (χ0) is 13.8. The third-order valence-electron chi connectivity index (χ3n) is 3.21. The summed E-state index contributed by atoms with van der Waals surface area (Å²) in [5.74, 6) is 0.676. The molecule has 0 amide bonds. The molecule has 0 saturated heterocycles. The van der Waals surface area contributed by atoms with Gasteiger partial charge in [-0.3, -0.25) is 0 Å². The second kappa shape index (κ2) is 6.02. The van der Waals surface area contributed by atoms with E-state index in [1.54, 1.807) is 18.4 Å². The average molecular weight is 261 g/mol.